The second kappa shape index (κ2) is 9.10. The fourth-order valence-electron chi connectivity index (χ4n) is 2.89. The number of amides is 1. The van der Waals surface area contributed by atoms with Gasteiger partial charge in [0.1, 0.15) is 12.3 Å². The van der Waals surface area contributed by atoms with E-state index in [1.165, 1.54) is 0 Å². The molecule has 0 heterocycles. The highest BCUT2D eigenvalue weighted by atomic mass is 32.2. The molecule has 2 aromatic rings. The molecular weight excluding hydrogens is 376 g/mol. The van der Waals surface area contributed by atoms with E-state index in [9.17, 15) is 13.2 Å². The quantitative estimate of drug-likeness (QED) is 0.732. The molecule has 0 spiro atoms. The first-order chi connectivity index (χ1) is 13.1. The minimum Gasteiger partial charge on any atom is -0.494 e. The number of ether oxygens (including phenoxy) is 1. The number of nitrogens with one attached hydrogen (secondary N) is 1. The standard InChI is InChI=1S/C21H28N2O4S/c1-6-27-19-11-9-18(10-12-19)17(4)22-21(24)14-23(28(5,25)26)20-13-15(2)7-8-16(20)3/h7-13,17H,6,14H2,1-5H3,(H,22,24)/t17-/m1/s1. The van der Waals surface area contributed by atoms with Gasteiger partial charge in [-0.15, -0.1) is 0 Å². The van der Waals surface area contributed by atoms with Gasteiger partial charge in [0.15, 0.2) is 0 Å². The van der Waals surface area contributed by atoms with Gasteiger partial charge in [-0.2, -0.15) is 0 Å². The van der Waals surface area contributed by atoms with Crippen LogP contribution in [-0.2, 0) is 14.8 Å². The Hall–Kier alpha value is -2.54. The summed E-state index contributed by atoms with van der Waals surface area (Å²) in [6.07, 6.45) is 1.11. The molecule has 152 valence electrons. The maximum absolute atomic E-state index is 12.6. The summed E-state index contributed by atoms with van der Waals surface area (Å²) in [5.74, 6) is 0.399. The van der Waals surface area contributed by atoms with E-state index in [2.05, 4.69) is 5.32 Å². The number of carbonyl (C=O) groups excluding carboxylic acids is 1. The molecule has 0 aliphatic carbocycles. The van der Waals surface area contributed by atoms with Crippen LogP contribution in [0.3, 0.4) is 0 Å². The van der Waals surface area contributed by atoms with Crippen molar-refractivity contribution >= 4 is 21.6 Å². The first-order valence-corrected chi connectivity index (χ1v) is 11.0. The van der Waals surface area contributed by atoms with E-state index >= 15 is 0 Å². The normalized spacial score (nSPS) is 12.3. The number of hydrogen-bond acceptors (Lipinski definition) is 4. The van der Waals surface area contributed by atoms with E-state index in [-0.39, 0.29) is 18.5 Å². The van der Waals surface area contributed by atoms with Gasteiger partial charge in [0.05, 0.1) is 24.6 Å². The highest BCUT2D eigenvalue weighted by Gasteiger charge is 2.23. The number of carbonyl (C=O) groups is 1. The lowest BCUT2D eigenvalue weighted by Crippen LogP contribution is -2.41. The first kappa shape index (κ1) is 21.8. The summed E-state index contributed by atoms with van der Waals surface area (Å²) in [6, 6.07) is 12.7. The molecule has 0 radical (unpaired) electrons. The minimum absolute atomic E-state index is 0.261. The zero-order chi connectivity index (χ0) is 20.9. The Morgan fingerprint density at radius 1 is 1.14 bits per heavy atom. The molecule has 28 heavy (non-hydrogen) atoms. The van der Waals surface area contributed by atoms with E-state index < -0.39 is 10.0 Å². The van der Waals surface area contributed by atoms with Crippen molar-refractivity contribution in [3.63, 3.8) is 0 Å². The topological polar surface area (TPSA) is 75.7 Å². The third kappa shape index (κ3) is 5.73. The molecule has 6 nitrogen and oxygen atoms in total. The van der Waals surface area contributed by atoms with Crippen LogP contribution in [0.4, 0.5) is 5.69 Å². The highest BCUT2D eigenvalue weighted by molar-refractivity contribution is 7.92. The summed E-state index contributed by atoms with van der Waals surface area (Å²) in [6.45, 7) is 7.80. The van der Waals surface area contributed by atoms with Gasteiger partial charge in [0.2, 0.25) is 15.9 Å². The molecule has 0 bridgehead atoms. The van der Waals surface area contributed by atoms with Gasteiger partial charge in [-0.1, -0.05) is 24.3 Å². The minimum atomic E-state index is -3.61. The molecule has 2 aromatic carbocycles. The van der Waals surface area contributed by atoms with E-state index in [4.69, 9.17) is 4.74 Å². The zero-order valence-electron chi connectivity index (χ0n) is 17.0. The predicted molar refractivity (Wildman–Crippen MR) is 112 cm³/mol. The van der Waals surface area contributed by atoms with Crippen molar-refractivity contribution in [1.29, 1.82) is 0 Å². The second-order valence-corrected chi connectivity index (χ2v) is 8.76. The summed E-state index contributed by atoms with van der Waals surface area (Å²) >= 11 is 0. The molecule has 1 N–H and O–H groups in total. The van der Waals surface area contributed by atoms with Crippen LogP contribution in [0, 0.1) is 13.8 Å². The van der Waals surface area contributed by atoms with E-state index in [1.807, 2.05) is 64.1 Å². The average molecular weight is 405 g/mol. The van der Waals surface area contributed by atoms with Crippen molar-refractivity contribution in [3.8, 4) is 5.75 Å². The fraction of sp³-hybridized carbons (Fsp3) is 0.381. The van der Waals surface area contributed by atoms with Crippen molar-refractivity contribution in [1.82, 2.24) is 5.32 Å². The number of hydrogen-bond donors (Lipinski definition) is 1. The van der Waals surface area contributed by atoms with Gasteiger partial charge < -0.3 is 10.1 Å². The van der Waals surface area contributed by atoms with Crippen molar-refractivity contribution < 1.29 is 17.9 Å². The molecule has 7 heteroatoms. The maximum Gasteiger partial charge on any atom is 0.241 e. The monoisotopic (exact) mass is 404 g/mol. The lowest BCUT2D eigenvalue weighted by Gasteiger charge is -2.25. The van der Waals surface area contributed by atoms with Crippen LogP contribution in [0.15, 0.2) is 42.5 Å². The van der Waals surface area contributed by atoms with Crippen molar-refractivity contribution in [3.05, 3.63) is 59.2 Å². The summed E-state index contributed by atoms with van der Waals surface area (Å²) in [4.78, 5) is 12.6. The van der Waals surface area contributed by atoms with Crippen LogP contribution in [0.2, 0.25) is 0 Å². The third-order valence-corrected chi connectivity index (χ3v) is 5.52. The molecule has 0 aliphatic heterocycles. The van der Waals surface area contributed by atoms with E-state index in [1.54, 1.807) is 6.07 Å². The number of rotatable bonds is 8. The van der Waals surface area contributed by atoms with Crippen LogP contribution in [0.5, 0.6) is 5.75 Å². The van der Waals surface area contributed by atoms with Gasteiger partial charge >= 0.3 is 0 Å². The van der Waals surface area contributed by atoms with Gasteiger partial charge in [-0.05, 0) is 62.6 Å². The molecule has 0 saturated carbocycles. The molecule has 0 saturated heterocycles. The molecular formula is C21H28N2O4S. The summed E-state index contributed by atoms with van der Waals surface area (Å²) in [5.41, 5.74) is 3.15. The number of benzene rings is 2. The zero-order valence-corrected chi connectivity index (χ0v) is 17.8. The number of aryl methyl sites for hydroxylation is 2. The van der Waals surface area contributed by atoms with Crippen LogP contribution in [0.1, 0.15) is 36.6 Å². The summed E-state index contributed by atoms with van der Waals surface area (Å²) in [5, 5.41) is 2.87. The maximum atomic E-state index is 12.6. The molecule has 0 fully saturated rings. The molecule has 0 unspecified atom stereocenters. The lowest BCUT2D eigenvalue weighted by atomic mass is 10.1. The second-order valence-electron chi connectivity index (χ2n) is 6.85. The van der Waals surface area contributed by atoms with Gasteiger partial charge in [-0.25, -0.2) is 8.42 Å². The number of anilines is 1. The van der Waals surface area contributed by atoms with E-state index in [0.29, 0.717) is 12.3 Å². The SMILES string of the molecule is CCOc1ccc([C@@H](C)NC(=O)CN(c2cc(C)ccc2C)S(C)(=O)=O)cc1. The summed E-state index contributed by atoms with van der Waals surface area (Å²) in [7, 11) is -3.61. The Balaban J connectivity index is 2.14. The van der Waals surface area contributed by atoms with Gasteiger partial charge in [-0.3, -0.25) is 9.10 Å². The number of nitrogens with zero attached hydrogens (tertiary/aromatic N) is 1. The number of sulfonamides is 1. The van der Waals surface area contributed by atoms with Crippen molar-refractivity contribution in [2.75, 3.05) is 23.7 Å². The molecule has 1 amide bonds. The Morgan fingerprint density at radius 3 is 2.36 bits per heavy atom. The van der Waals surface area contributed by atoms with Gasteiger partial charge in [0, 0.05) is 0 Å². The average Bonchev–Trinajstić information content (AvgIpc) is 2.62. The summed E-state index contributed by atoms with van der Waals surface area (Å²) < 4.78 is 31.2. The molecule has 2 rings (SSSR count). The molecule has 0 aromatic heterocycles. The Kier molecular flexibility index (Phi) is 7.07. The van der Waals surface area contributed by atoms with E-state index in [0.717, 1.165) is 33.0 Å². The Bertz CT molecular complexity index is 924. The molecule has 1 atom stereocenters. The fourth-order valence-corrected chi connectivity index (χ4v) is 3.80. The first-order valence-electron chi connectivity index (χ1n) is 9.19. The van der Waals surface area contributed by atoms with Crippen molar-refractivity contribution in [2.24, 2.45) is 0 Å². The van der Waals surface area contributed by atoms with Crippen LogP contribution >= 0.6 is 0 Å². The lowest BCUT2D eigenvalue weighted by molar-refractivity contribution is -0.120. The predicted octanol–water partition coefficient (Wildman–Crippen LogP) is 3.35. The Morgan fingerprint density at radius 2 is 1.79 bits per heavy atom. The van der Waals surface area contributed by atoms with Gasteiger partial charge in [0.25, 0.3) is 0 Å². The van der Waals surface area contributed by atoms with Crippen LogP contribution < -0.4 is 14.4 Å². The Labute approximate surface area is 167 Å². The van der Waals surface area contributed by atoms with Crippen LogP contribution in [-0.4, -0.2) is 33.7 Å². The highest BCUT2D eigenvalue weighted by Crippen LogP contribution is 2.24. The van der Waals surface area contributed by atoms with Crippen LogP contribution in [0.25, 0.3) is 0 Å². The third-order valence-electron chi connectivity index (χ3n) is 4.39. The molecule has 0 aliphatic rings. The smallest absolute Gasteiger partial charge is 0.241 e. The van der Waals surface area contributed by atoms with Crippen molar-refractivity contribution in [2.45, 2.75) is 33.7 Å². The largest absolute Gasteiger partial charge is 0.494 e.